The van der Waals surface area contributed by atoms with E-state index in [0.717, 1.165) is 31.2 Å². The molecule has 1 heterocycles. The van der Waals surface area contributed by atoms with Gasteiger partial charge in [-0.25, -0.2) is 9.37 Å². The Morgan fingerprint density at radius 1 is 1.16 bits per heavy atom. The summed E-state index contributed by atoms with van der Waals surface area (Å²) in [7, 11) is 1.72. The van der Waals surface area contributed by atoms with Gasteiger partial charge in [-0.15, -0.1) is 0 Å². The number of aliphatic hydroxyl groups is 1. The molecule has 32 heavy (non-hydrogen) atoms. The predicted molar refractivity (Wildman–Crippen MR) is 120 cm³/mol. The van der Waals surface area contributed by atoms with E-state index in [1.54, 1.807) is 41.9 Å². The van der Waals surface area contributed by atoms with Crippen LogP contribution >= 0.6 is 0 Å². The van der Waals surface area contributed by atoms with Crippen molar-refractivity contribution in [2.45, 2.75) is 44.2 Å². The molecule has 3 aromatic rings. The Hall–Kier alpha value is -3.34. The highest BCUT2D eigenvalue weighted by Gasteiger charge is 2.26. The van der Waals surface area contributed by atoms with Crippen LogP contribution in [0.4, 0.5) is 4.39 Å². The summed E-state index contributed by atoms with van der Waals surface area (Å²) in [6.45, 7) is -0.104. The van der Waals surface area contributed by atoms with Crippen LogP contribution in [-0.2, 0) is 13.7 Å². The first kappa shape index (κ1) is 21.9. The van der Waals surface area contributed by atoms with Crippen molar-refractivity contribution in [2.24, 2.45) is 12.8 Å². The highest BCUT2D eigenvalue weighted by Crippen LogP contribution is 2.35. The summed E-state index contributed by atoms with van der Waals surface area (Å²) in [5.74, 6) is 0.108. The monoisotopic (exact) mass is 432 g/mol. The summed E-state index contributed by atoms with van der Waals surface area (Å²) in [6.07, 6.45) is 3.41. The number of nitriles is 1. The number of nitrogens with two attached hydrogens (primary N) is 1. The molecule has 0 amide bonds. The minimum absolute atomic E-state index is 0.0621. The topological polar surface area (TPSA) is 105 Å². The quantitative estimate of drug-likeness (QED) is 0.655. The summed E-state index contributed by atoms with van der Waals surface area (Å²) in [4.78, 5) is 18.4. The van der Waals surface area contributed by atoms with E-state index in [9.17, 15) is 14.3 Å². The van der Waals surface area contributed by atoms with Gasteiger partial charge in [0.2, 0.25) is 0 Å². The third-order valence-electron chi connectivity index (χ3n) is 6.25. The van der Waals surface area contributed by atoms with Crippen molar-refractivity contribution in [1.82, 2.24) is 9.55 Å². The van der Waals surface area contributed by atoms with Gasteiger partial charge < -0.3 is 10.8 Å². The first-order valence-corrected chi connectivity index (χ1v) is 10.7. The van der Waals surface area contributed by atoms with Crippen LogP contribution in [0, 0.1) is 17.1 Å². The lowest BCUT2D eigenvalue weighted by Crippen LogP contribution is -2.31. The molecule has 0 unspecified atom stereocenters. The lowest BCUT2D eigenvalue weighted by Gasteiger charge is -2.27. The van der Waals surface area contributed by atoms with Crippen LogP contribution in [0.1, 0.15) is 48.6 Å². The maximum absolute atomic E-state index is 14.5. The Bertz CT molecular complexity index is 1240. The number of nitrogens with zero attached hydrogens (tertiary/aromatic N) is 3. The molecule has 0 saturated heterocycles. The third kappa shape index (κ3) is 4.07. The zero-order chi connectivity index (χ0) is 22.8. The van der Waals surface area contributed by atoms with Crippen molar-refractivity contribution < 1.29 is 9.50 Å². The summed E-state index contributed by atoms with van der Waals surface area (Å²) < 4.78 is 16.1. The molecule has 0 bridgehead atoms. The van der Waals surface area contributed by atoms with Crippen molar-refractivity contribution >= 4 is 0 Å². The second-order valence-electron chi connectivity index (χ2n) is 8.33. The molecule has 0 spiro atoms. The third-order valence-corrected chi connectivity index (χ3v) is 6.25. The lowest BCUT2D eigenvalue weighted by atomic mass is 9.85. The molecular formula is C25H25FN4O2. The first-order chi connectivity index (χ1) is 15.4. The van der Waals surface area contributed by atoms with Crippen molar-refractivity contribution in [3.05, 3.63) is 75.6 Å². The predicted octanol–water partition coefficient (Wildman–Crippen LogP) is 3.60. The summed E-state index contributed by atoms with van der Waals surface area (Å²) in [5.41, 5.74) is 8.31. The molecule has 3 N–H and O–H groups in total. The Morgan fingerprint density at radius 2 is 1.81 bits per heavy atom. The molecule has 1 fully saturated rings. The minimum atomic E-state index is -0.653. The molecule has 1 aliphatic rings. The molecule has 1 saturated carbocycles. The van der Waals surface area contributed by atoms with E-state index >= 15 is 0 Å². The average Bonchev–Trinajstić information content (AvgIpc) is 2.81. The zero-order valence-electron chi connectivity index (χ0n) is 17.9. The maximum atomic E-state index is 14.5. The van der Waals surface area contributed by atoms with Crippen molar-refractivity contribution in [1.29, 1.82) is 5.26 Å². The van der Waals surface area contributed by atoms with E-state index in [2.05, 4.69) is 0 Å². The minimum Gasteiger partial charge on any atom is -0.392 e. The van der Waals surface area contributed by atoms with Crippen LogP contribution < -0.4 is 11.3 Å². The van der Waals surface area contributed by atoms with Crippen LogP contribution in [-0.4, -0.2) is 20.7 Å². The largest absolute Gasteiger partial charge is 0.392 e. The van der Waals surface area contributed by atoms with E-state index in [0.29, 0.717) is 28.2 Å². The molecule has 7 heteroatoms. The highest BCUT2D eigenvalue weighted by molar-refractivity contribution is 5.80. The van der Waals surface area contributed by atoms with Gasteiger partial charge in [0, 0.05) is 24.6 Å². The molecule has 2 aromatic carbocycles. The number of halogens is 1. The molecule has 0 aliphatic heterocycles. The Kier molecular flexibility index (Phi) is 6.17. The van der Waals surface area contributed by atoms with Crippen LogP contribution in [0.15, 0.2) is 47.3 Å². The van der Waals surface area contributed by atoms with E-state index in [1.165, 1.54) is 12.1 Å². The average molecular weight is 432 g/mol. The van der Waals surface area contributed by atoms with Crippen LogP contribution in [0.25, 0.3) is 22.4 Å². The van der Waals surface area contributed by atoms with Gasteiger partial charge in [0.15, 0.2) is 0 Å². The fraction of sp³-hybridized carbons (Fsp3) is 0.320. The molecule has 1 aromatic heterocycles. The van der Waals surface area contributed by atoms with Gasteiger partial charge in [-0.2, -0.15) is 5.26 Å². The van der Waals surface area contributed by atoms with Crippen LogP contribution in [0.5, 0.6) is 0 Å². The van der Waals surface area contributed by atoms with Gasteiger partial charge >= 0.3 is 0 Å². The summed E-state index contributed by atoms with van der Waals surface area (Å²) in [5, 5.41) is 18.4. The second-order valence-corrected chi connectivity index (χ2v) is 8.33. The van der Waals surface area contributed by atoms with E-state index in [1.807, 2.05) is 6.07 Å². The van der Waals surface area contributed by atoms with Gasteiger partial charge in [-0.05, 0) is 48.9 Å². The van der Waals surface area contributed by atoms with Crippen molar-refractivity contribution in [2.75, 3.05) is 0 Å². The smallest absolute Gasteiger partial charge is 0.261 e. The zero-order valence-corrected chi connectivity index (χ0v) is 17.9. The van der Waals surface area contributed by atoms with Crippen LogP contribution in [0.3, 0.4) is 0 Å². The molecule has 0 atom stereocenters. The molecule has 164 valence electrons. The molecule has 0 radical (unpaired) electrons. The number of benzene rings is 2. The maximum Gasteiger partial charge on any atom is 0.261 e. The molecule has 1 aliphatic carbocycles. The Morgan fingerprint density at radius 3 is 2.41 bits per heavy atom. The molecular weight excluding hydrogens is 407 g/mol. The van der Waals surface area contributed by atoms with E-state index in [4.69, 9.17) is 16.0 Å². The Labute approximate surface area is 185 Å². The van der Waals surface area contributed by atoms with Gasteiger partial charge in [0.05, 0.1) is 23.4 Å². The molecule has 4 rings (SSSR count). The number of aromatic nitrogens is 2. The van der Waals surface area contributed by atoms with Gasteiger partial charge in [0.1, 0.15) is 17.7 Å². The fourth-order valence-electron chi connectivity index (χ4n) is 4.36. The number of aliphatic hydroxyl groups excluding tert-OH is 1. The van der Waals surface area contributed by atoms with E-state index in [-0.39, 0.29) is 29.7 Å². The van der Waals surface area contributed by atoms with Crippen molar-refractivity contribution in [3.63, 3.8) is 0 Å². The fourth-order valence-corrected chi connectivity index (χ4v) is 4.36. The SMILES string of the molecule is Cn1c(C2CCC(N)CC2)nc(-c2ccc(C#N)c(F)c2)c(-c2ccc(CO)cc2)c1=O. The van der Waals surface area contributed by atoms with Gasteiger partial charge in [0.25, 0.3) is 5.56 Å². The van der Waals surface area contributed by atoms with Crippen molar-refractivity contribution in [3.8, 4) is 28.5 Å². The lowest BCUT2D eigenvalue weighted by molar-refractivity contribution is 0.282. The standard InChI is InChI=1S/C25H25FN4O2/c1-30-24(17-8-10-20(28)11-9-17)29-23(18-6-7-19(13-27)21(26)12-18)22(25(30)32)16-4-2-15(14-31)3-5-16/h2-7,12,17,20,31H,8-11,14,28H2,1H3. The summed E-state index contributed by atoms with van der Waals surface area (Å²) in [6, 6.07) is 13.3. The number of hydrogen-bond acceptors (Lipinski definition) is 5. The van der Waals surface area contributed by atoms with Crippen LogP contribution in [0.2, 0.25) is 0 Å². The van der Waals surface area contributed by atoms with Gasteiger partial charge in [-0.1, -0.05) is 30.3 Å². The van der Waals surface area contributed by atoms with E-state index < -0.39 is 5.82 Å². The second kappa shape index (κ2) is 9.03. The Balaban J connectivity index is 1.93. The number of rotatable bonds is 4. The van der Waals surface area contributed by atoms with Gasteiger partial charge in [-0.3, -0.25) is 9.36 Å². The highest BCUT2D eigenvalue weighted by atomic mass is 19.1. The normalized spacial score (nSPS) is 18.3. The molecule has 6 nitrogen and oxygen atoms in total. The summed E-state index contributed by atoms with van der Waals surface area (Å²) >= 11 is 0. The number of hydrogen-bond donors (Lipinski definition) is 2. The first-order valence-electron chi connectivity index (χ1n) is 10.7.